The minimum atomic E-state index is -0.0997. The summed E-state index contributed by atoms with van der Waals surface area (Å²) in [7, 11) is 1.67. The van der Waals surface area contributed by atoms with Crippen LogP contribution in [0.4, 0.5) is 0 Å². The molecule has 0 spiro atoms. The third-order valence-corrected chi connectivity index (χ3v) is 5.35. The van der Waals surface area contributed by atoms with Crippen LogP contribution in [0.25, 0.3) is 0 Å². The molecular formula is C19H18BrClN2O2. The highest BCUT2D eigenvalue weighted by molar-refractivity contribution is 9.10. The van der Waals surface area contributed by atoms with Crippen LogP contribution in [-0.2, 0) is 0 Å². The number of rotatable bonds is 3. The van der Waals surface area contributed by atoms with Gasteiger partial charge in [-0.3, -0.25) is 5.01 Å². The van der Waals surface area contributed by atoms with E-state index in [0.29, 0.717) is 0 Å². The number of nitrogens with zero attached hydrogens (tertiary/aromatic N) is 2. The van der Waals surface area contributed by atoms with Gasteiger partial charge in [0.2, 0.25) is 0 Å². The summed E-state index contributed by atoms with van der Waals surface area (Å²) in [6, 6.07) is 12.0. The summed E-state index contributed by atoms with van der Waals surface area (Å²) in [6.07, 6.45) is 1.57. The first kappa shape index (κ1) is 16.7. The number of hydrogen-bond donors (Lipinski definition) is 0. The standard InChI is InChI=1S/C19H18BrClN2O2/c1-3-18-23-16(10-15(22-23)11-4-6-13(21)7-5-11)14-8-12(20)9-17(24-2)19(14)25-18/h4-9,16,18H,3,10H2,1-2H3/t16-,18+/m1/s1. The highest BCUT2D eigenvalue weighted by Gasteiger charge is 2.40. The van der Waals surface area contributed by atoms with Crippen LogP contribution in [0.15, 0.2) is 46.0 Å². The van der Waals surface area contributed by atoms with E-state index in [1.807, 2.05) is 30.3 Å². The van der Waals surface area contributed by atoms with E-state index in [1.54, 1.807) is 7.11 Å². The molecule has 0 saturated carbocycles. The lowest BCUT2D eigenvalue weighted by Crippen LogP contribution is -2.39. The van der Waals surface area contributed by atoms with Crippen molar-refractivity contribution in [1.29, 1.82) is 0 Å². The zero-order chi connectivity index (χ0) is 17.6. The zero-order valence-electron chi connectivity index (χ0n) is 14.0. The molecule has 0 radical (unpaired) electrons. The first-order valence-electron chi connectivity index (χ1n) is 8.26. The van der Waals surface area contributed by atoms with Crippen LogP contribution in [0.2, 0.25) is 5.02 Å². The van der Waals surface area contributed by atoms with E-state index < -0.39 is 0 Å². The van der Waals surface area contributed by atoms with Gasteiger partial charge in [0.05, 0.1) is 18.9 Å². The molecule has 2 aliphatic heterocycles. The van der Waals surface area contributed by atoms with E-state index in [4.69, 9.17) is 26.2 Å². The predicted molar refractivity (Wildman–Crippen MR) is 103 cm³/mol. The van der Waals surface area contributed by atoms with Crippen molar-refractivity contribution in [3.8, 4) is 11.5 Å². The summed E-state index contributed by atoms with van der Waals surface area (Å²) in [5.41, 5.74) is 3.25. The maximum absolute atomic E-state index is 6.23. The number of benzene rings is 2. The van der Waals surface area contributed by atoms with Gasteiger partial charge in [0.1, 0.15) is 0 Å². The first-order chi connectivity index (χ1) is 12.1. The minimum Gasteiger partial charge on any atom is -0.493 e. The zero-order valence-corrected chi connectivity index (χ0v) is 16.3. The highest BCUT2D eigenvalue weighted by Crippen LogP contribution is 2.48. The molecule has 0 saturated heterocycles. The molecule has 0 unspecified atom stereocenters. The minimum absolute atomic E-state index is 0.0997. The number of methoxy groups -OCH3 is 1. The smallest absolute Gasteiger partial charge is 0.187 e. The lowest BCUT2D eigenvalue weighted by atomic mass is 9.96. The van der Waals surface area contributed by atoms with Crippen molar-refractivity contribution < 1.29 is 9.47 Å². The number of hydrazone groups is 1. The van der Waals surface area contributed by atoms with Crippen LogP contribution in [0.5, 0.6) is 11.5 Å². The van der Waals surface area contributed by atoms with Crippen LogP contribution >= 0.6 is 27.5 Å². The average Bonchev–Trinajstić information content (AvgIpc) is 3.06. The van der Waals surface area contributed by atoms with E-state index >= 15 is 0 Å². The fourth-order valence-corrected chi connectivity index (χ4v) is 4.02. The Morgan fingerprint density at radius 2 is 2.08 bits per heavy atom. The second-order valence-electron chi connectivity index (χ2n) is 6.16. The molecule has 4 nitrogen and oxygen atoms in total. The van der Waals surface area contributed by atoms with Crippen molar-refractivity contribution in [2.45, 2.75) is 32.0 Å². The Labute approximate surface area is 160 Å². The van der Waals surface area contributed by atoms with Crippen molar-refractivity contribution in [3.05, 3.63) is 57.0 Å². The maximum atomic E-state index is 6.23. The lowest BCUT2D eigenvalue weighted by Gasteiger charge is -2.38. The molecule has 2 atom stereocenters. The summed E-state index contributed by atoms with van der Waals surface area (Å²) in [6.45, 7) is 2.11. The van der Waals surface area contributed by atoms with Crippen LogP contribution in [0, 0.1) is 0 Å². The van der Waals surface area contributed by atoms with Gasteiger partial charge < -0.3 is 9.47 Å². The van der Waals surface area contributed by atoms with Crippen LogP contribution in [0.1, 0.15) is 36.9 Å². The first-order valence-corrected chi connectivity index (χ1v) is 9.43. The molecule has 2 aromatic carbocycles. The van der Waals surface area contributed by atoms with Crippen molar-refractivity contribution >= 4 is 33.2 Å². The molecule has 2 heterocycles. The molecule has 0 N–H and O–H groups in total. The van der Waals surface area contributed by atoms with Gasteiger partial charge in [0.25, 0.3) is 0 Å². The Morgan fingerprint density at radius 1 is 1.32 bits per heavy atom. The molecule has 6 heteroatoms. The van der Waals surface area contributed by atoms with Crippen molar-refractivity contribution in [1.82, 2.24) is 5.01 Å². The van der Waals surface area contributed by atoms with Gasteiger partial charge in [-0.15, -0.1) is 0 Å². The second kappa shape index (κ2) is 6.54. The van der Waals surface area contributed by atoms with Crippen LogP contribution in [-0.4, -0.2) is 24.1 Å². The fourth-order valence-electron chi connectivity index (χ4n) is 3.44. The molecule has 2 aromatic rings. The second-order valence-corrected chi connectivity index (χ2v) is 7.51. The van der Waals surface area contributed by atoms with Crippen LogP contribution in [0.3, 0.4) is 0 Å². The summed E-state index contributed by atoms with van der Waals surface area (Å²) in [5.74, 6) is 1.58. The molecule has 0 fully saturated rings. The van der Waals surface area contributed by atoms with Crippen molar-refractivity contribution in [2.75, 3.05) is 7.11 Å². The maximum Gasteiger partial charge on any atom is 0.187 e. The molecule has 2 aliphatic rings. The Balaban J connectivity index is 1.76. The fraction of sp³-hybridized carbons (Fsp3) is 0.316. The number of hydrogen-bond acceptors (Lipinski definition) is 4. The van der Waals surface area contributed by atoms with E-state index in [2.05, 4.69) is 33.9 Å². The van der Waals surface area contributed by atoms with Gasteiger partial charge in [-0.2, -0.15) is 5.10 Å². The number of halogens is 2. The van der Waals surface area contributed by atoms with Crippen molar-refractivity contribution in [2.24, 2.45) is 5.10 Å². The van der Waals surface area contributed by atoms with Crippen LogP contribution < -0.4 is 9.47 Å². The molecule has 0 aromatic heterocycles. The lowest BCUT2D eigenvalue weighted by molar-refractivity contribution is -0.0206. The van der Waals surface area contributed by atoms with E-state index in [-0.39, 0.29) is 12.3 Å². The third kappa shape index (κ3) is 2.89. The van der Waals surface area contributed by atoms with E-state index in [0.717, 1.165) is 50.7 Å². The van der Waals surface area contributed by atoms with Gasteiger partial charge in [0.15, 0.2) is 17.7 Å². The molecule has 25 heavy (non-hydrogen) atoms. The van der Waals surface area contributed by atoms with E-state index in [1.165, 1.54) is 0 Å². The van der Waals surface area contributed by atoms with Gasteiger partial charge in [-0.05, 0) is 29.8 Å². The topological polar surface area (TPSA) is 34.1 Å². The Morgan fingerprint density at radius 3 is 2.76 bits per heavy atom. The largest absolute Gasteiger partial charge is 0.493 e. The number of ether oxygens (including phenoxy) is 2. The summed E-state index contributed by atoms with van der Waals surface area (Å²) < 4.78 is 12.7. The van der Waals surface area contributed by atoms with Gasteiger partial charge in [0, 0.05) is 27.9 Å². The monoisotopic (exact) mass is 420 g/mol. The van der Waals surface area contributed by atoms with Gasteiger partial charge >= 0.3 is 0 Å². The van der Waals surface area contributed by atoms with Gasteiger partial charge in [-0.25, -0.2) is 0 Å². The Kier molecular flexibility index (Phi) is 4.38. The third-order valence-electron chi connectivity index (χ3n) is 4.65. The van der Waals surface area contributed by atoms with Gasteiger partial charge in [-0.1, -0.05) is 46.6 Å². The highest BCUT2D eigenvalue weighted by atomic mass is 79.9. The normalized spacial score (nSPS) is 21.3. The average molecular weight is 422 g/mol. The van der Waals surface area contributed by atoms with Crippen molar-refractivity contribution in [3.63, 3.8) is 0 Å². The Bertz CT molecular complexity index is 838. The summed E-state index contributed by atoms with van der Waals surface area (Å²) in [5, 5.41) is 7.68. The molecule has 130 valence electrons. The van der Waals surface area contributed by atoms with E-state index in [9.17, 15) is 0 Å². The quantitative estimate of drug-likeness (QED) is 0.666. The SMILES string of the molecule is CC[C@@H]1Oc2c(OC)cc(Br)cc2[C@H]2CC(c3ccc(Cl)cc3)=NN12. The molecule has 0 aliphatic carbocycles. The summed E-state index contributed by atoms with van der Waals surface area (Å²) in [4.78, 5) is 0. The number of fused-ring (bicyclic) bond motifs is 3. The molecule has 0 amide bonds. The Hall–Kier alpha value is -1.72. The molecular weight excluding hydrogens is 404 g/mol. The molecule has 0 bridgehead atoms. The summed E-state index contributed by atoms with van der Waals surface area (Å²) >= 11 is 9.59. The predicted octanol–water partition coefficient (Wildman–Crippen LogP) is 5.39. The molecule has 4 rings (SSSR count).